The van der Waals surface area contributed by atoms with Crippen molar-refractivity contribution in [2.24, 2.45) is 5.92 Å². The van der Waals surface area contributed by atoms with Gasteiger partial charge < -0.3 is 9.84 Å². The van der Waals surface area contributed by atoms with Crippen molar-refractivity contribution in [1.29, 1.82) is 0 Å². The molecule has 0 aliphatic heterocycles. The van der Waals surface area contributed by atoms with E-state index in [9.17, 15) is 9.90 Å². The molecule has 0 spiro atoms. The Bertz CT molecular complexity index is 405. The largest absolute Gasteiger partial charge is 0.494 e. The summed E-state index contributed by atoms with van der Waals surface area (Å²) < 4.78 is 5.34. The number of hydrogen-bond acceptors (Lipinski definition) is 3. The number of aliphatic hydroxyl groups is 1. The Balaban J connectivity index is 2.01. The number of benzene rings is 1. The van der Waals surface area contributed by atoms with Crippen molar-refractivity contribution in [1.82, 2.24) is 0 Å². The molecule has 3 nitrogen and oxygen atoms in total. The van der Waals surface area contributed by atoms with E-state index in [1.54, 1.807) is 24.3 Å². The molecule has 1 N–H and O–H groups in total. The van der Waals surface area contributed by atoms with Crippen molar-refractivity contribution < 1.29 is 14.6 Å². The number of hydrogen-bond donors (Lipinski definition) is 1. The zero-order valence-corrected chi connectivity index (χ0v) is 11.5. The van der Waals surface area contributed by atoms with Crippen molar-refractivity contribution in [3.8, 4) is 5.75 Å². The lowest BCUT2D eigenvalue weighted by atomic mass is 9.82. The summed E-state index contributed by atoms with van der Waals surface area (Å²) >= 11 is 0. The lowest BCUT2D eigenvalue weighted by Gasteiger charge is -2.25. The Morgan fingerprint density at radius 3 is 2.47 bits per heavy atom. The van der Waals surface area contributed by atoms with Crippen molar-refractivity contribution >= 4 is 5.78 Å². The van der Waals surface area contributed by atoms with Gasteiger partial charge in [0.1, 0.15) is 11.9 Å². The summed E-state index contributed by atoms with van der Waals surface area (Å²) in [6.07, 6.45) is 4.54. The Morgan fingerprint density at radius 1 is 1.26 bits per heavy atom. The average Bonchev–Trinajstić information content (AvgIpc) is 2.48. The lowest BCUT2D eigenvalue weighted by molar-refractivity contribution is 0.0534. The minimum atomic E-state index is -0.849. The van der Waals surface area contributed by atoms with Crippen LogP contribution in [0.3, 0.4) is 0 Å². The van der Waals surface area contributed by atoms with Crippen LogP contribution in [0.1, 0.15) is 49.4 Å². The molecule has 0 saturated heterocycles. The fourth-order valence-corrected chi connectivity index (χ4v) is 2.72. The van der Waals surface area contributed by atoms with Gasteiger partial charge in [0.25, 0.3) is 0 Å². The van der Waals surface area contributed by atoms with Crippen molar-refractivity contribution in [2.45, 2.75) is 45.1 Å². The van der Waals surface area contributed by atoms with Gasteiger partial charge in [-0.2, -0.15) is 0 Å². The minimum Gasteiger partial charge on any atom is -0.494 e. The number of aliphatic hydroxyl groups excluding tert-OH is 1. The van der Waals surface area contributed by atoms with Crippen LogP contribution in [0.25, 0.3) is 0 Å². The highest BCUT2D eigenvalue weighted by atomic mass is 16.5. The molecule has 1 atom stereocenters. The second-order valence-electron chi connectivity index (χ2n) is 5.16. The van der Waals surface area contributed by atoms with Crippen LogP contribution in [0.4, 0.5) is 0 Å². The molecule has 19 heavy (non-hydrogen) atoms. The first-order valence-electron chi connectivity index (χ1n) is 7.17. The molecule has 2 rings (SSSR count). The predicted molar refractivity (Wildman–Crippen MR) is 74.5 cm³/mol. The Kier molecular flexibility index (Phi) is 4.97. The normalized spacial score (nSPS) is 18.0. The first-order chi connectivity index (χ1) is 9.22. The average molecular weight is 262 g/mol. The van der Waals surface area contributed by atoms with E-state index in [0.29, 0.717) is 12.2 Å². The van der Waals surface area contributed by atoms with Crippen LogP contribution in [0.15, 0.2) is 24.3 Å². The van der Waals surface area contributed by atoms with E-state index in [0.717, 1.165) is 31.4 Å². The maximum absolute atomic E-state index is 12.2. The van der Waals surface area contributed by atoms with Gasteiger partial charge in [-0.1, -0.05) is 19.3 Å². The van der Waals surface area contributed by atoms with Crippen LogP contribution < -0.4 is 4.74 Å². The third-order valence-electron chi connectivity index (χ3n) is 3.81. The molecule has 1 saturated carbocycles. The van der Waals surface area contributed by atoms with E-state index in [1.165, 1.54) is 6.42 Å². The Morgan fingerprint density at radius 2 is 1.89 bits per heavy atom. The molecule has 104 valence electrons. The van der Waals surface area contributed by atoms with E-state index < -0.39 is 6.10 Å². The fourth-order valence-electron chi connectivity index (χ4n) is 2.72. The van der Waals surface area contributed by atoms with Crippen molar-refractivity contribution in [3.05, 3.63) is 29.8 Å². The van der Waals surface area contributed by atoms with Gasteiger partial charge in [-0.3, -0.25) is 4.79 Å². The summed E-state index contributed by atoms with van der Waals surface area (Å²) in [7, 11) is 0. The van der Waals surface area contributed by atoms with E-state index in [4.69, 9.17) is 4.74 Å². The summed E-state index contributed by atoms with van der Waals surface area (Å²) in [5.41, 5.74) is 0.571. The second kappa shape index (κ2) is 6.71. The standard InChI is InChI=1S/C16H22O3/c1-2-19-14-10-8-13(9-11-14)16(18)15(17)12-6-4-3-5-7-12/h8-12,15,17H,2-7H2,1H3. The van der Waals surface area contributed by atoms with Gasteiger partial charge in [0, 0.05) is 5.56 Å². The molecule has 1 aliphatic carbocycles. The molecule has 0 bridgehead atoms. The van der Waals surface area contributed by atoms with Crippen LogP contribution in [-0.2, 0) is 0 Å². The molecule has 3 heteroatoms. The van der Waals surface area contributed by atoms with Crippen LogP contribution in [-0.4, -0.2) is 23.6 Å². The number of ether oxygens (including phenoxy) is 1. The fraction of sp³-hybridized carbons (Fsp3) is 0.562. The molecular formula is C16H22O3. The topological polar surface area (TPSA) is 46.5 Å². The van der Waals surface area contributed by atoms with Gasteiger partial charge >= 0.3 is 0 Å². The van der Waals surface area contributed by atoms with Crippen molar-refractivity contribution in [2.75, 3.05) is 6.61 Å². The molecule has 0 radical (unpaired) electrons. The maximum atomic E-state index is 12.2. The summed E-state index contributed by atoms with van der Waals surface area (Å²) in [6, 6.07) is 7.04. The zero-order valence-electron chi connectivity index (χ0n) is 11.5. The monoisotopic (exact) mass is 262 g/mol. The van der Waals surface area contributed by atoms with E-state index in [-0.39, 0.29) is 11.7 Å². The van der Waals surface area contributed by atoms with Gasteiger partial charge in [0.2, 0.25) is 0 Å². The lowest BCUT2D eigenvalue weighted by Crippen LogP contribution is -2.31. The van der Waals surface area contributed by atoms with E-state index in [1.807, 2.05) is 6.92 Å². The zero-order chi connectivity index (χ0) is 13.7. The highest BCUT2D eigenvalue weighted by molar-refractivity contribution is 5.99. The quantitative estimate of drug-likeness (QED) is 0.829. The summed E-state index contributed by atoms with van der Waals surface area (Å²) in [6.45, 7) is 2.53. The van der Waals surface area contributed by atoms with Gasteiger partial charge in [-0.15, -0.1) is 0 Å². The van der Waals surface area contributed by atoms with Gasteiger partial charge in [0.05, 0.1) is 6.61 Å². The summed E-state index contributed by atoms with van der Waals surface area (Å²) in [5.74, 6) is 0.731. The molecule has 0 aromatic heterocycles. The number of ketones is 1. The predicted octanol–water partition coefficient (Wildman–Crippen LogP) is 3.21. The summed E-state index contributed by atoms with van der Waals surface area (Å²) in [4.78, 5) is 12.2. The molecule has 1 aliphatic rings. The van der Waals surface area contributed by atoms with Gasteiger partial charge in [-0.05, 0) is 49.9 Å². The molecule has 0 heterocycles. The van der Waals surface area contributed by atoms with E-state index in [2.05, 4.69) is 0 Å². The summed E-state index contributed by atoms with van der Waals surface area (Å²) in [5, 5.41) is 10.2. The van der Waals surface area contributed by atoms with Gasteiger partial charge in [-0.25, -0.2) is 0 Å². The number of rotatable bonds is 5. The van der Waals surface area contributed by atoms with Crippen LogP contribution in [0.2, 0.25) is 0 Å². The first kappa shape index (κ1) is 14.1. The molecular weight excluding hydrogens is 240 g/mol. The first-order valence-corrected chi connectivity index (χ1v) is 7.17. The SMILES string of the molecule is CCOc1ccc(C(=O)C(O)C2CCCCC2)cc1. The molecule has 1 aromatic carbocycles. The Hall–Kier alpha value is -1.35. The van der Waals surface area contributed by atoms with Crippen LogP contribution >= 0.6 is 0 Å². The van der Waals surface area contributed by atoms with Crippen LogP contribution in [0, 0.1) is 5.92 Å². The number of Topliss-reactive ketones (excluding diaryl/α,β-unsaturated/α-hetero) is 1. The minimum absolute atomic E-state index is 0.132. The van der Waals surface area contributed by atoms with Crippen LogP contribution in [0.5, 0.6) is 5.75 Å². The number of carbonyl (C=O) groups excluding carboxylic acids is 1. The molecule has 1 aromatic rings. The highest BCUT2D eigenvalue weighted by Crippen LogP contribution is 2.28. The highest BCUT2D eigenvalue weighted by Gasteiger charge is 2.28. The second-order valence-corrected chi connectivity index (χ2v) is 5.16. The Labute approximate surface area is 114 Å². The smallest absolute Gasteiger partial charge is 0.191 e. The van der Waals surface area contributed by atoms with E-state index >= 15 is 0 Å². The third kappa shape index (κ3) is 3.57. The third-order valence-corrected chi connectivity index (χ3v) is 3.81. The number of carbonyl (C=O) groups is 1. The maximum Gasteiger partial charge on any atom is 0.191 e. The van der Waals surface area contributed by atoms with Gasteiger partial charge in [0.15, 0.2) is 5.78 Å². The molecule has 1 unspecified atom stereocenters. The molecule has 1 fully saturated rings. The van der Waals surface area contributed by atoms with Crippen molar-refractivity contribution in [3.63, 3.8) is 0 Å². The molecule has 0 amide bonds.